The average molecular weight is 466 g/mol. The molecule has 0 bridgehead atoms. The van der Waals surface area contributed by atoms with Crippen molar-refractivity contribution in [2.45, 2.75) is 0 Å². The number of carbonyl (C=O) groups excluding carboxylic acids is 1. The number of nitrogens with zero attached hydrogens (tertiary/aromatic N) is 3. The molecule has 166 valence electrons. The minimum atomic E-state index is -0.154. The van der Waals surface area contributed by atoms with Gasteiger partial charge in [-0.05, 0) is 41.3 Å². The third kappa shape index (κ3) is 3.57. The standard InChI is InChI=1S/C25H19N7OS/c1-26-25(33)21-10-15-2-3-16(11-20(15)30-21)23-31-19-8-9-34-22(19)24(32-23)29-18-6-4-14(5-7-18)17-12-27-28-13-17/h2-13,30H,1H3,(H,26,33)(H,27,28)(H,29,31,32). The summed E-state index contributed by atoms with van der Waals surface area (Å²) in [5, 5.41) is 15.9. The van der Waals surface area contributed by atoms with Crippen LogP contribution in [-0.2, 0) is 0 Å². The number of fused-ring (bicyclic) bond motifs is 2. The Labute approximate surface area is 198 Å². The summed E-state index contributed by atoms with van der Waals surface area (Å²) in [6.45, 7) is 0. The van der Waals surface area contributed by atoms with Crippen LogP contribution in [0.1, 0.15) is 10.5 Å². The van der Waals surface area contributed by atoms with Crippen LogP contribution in [0.3, 0.4) is 0 Å². The fraction of sp³-hybridized carbons (Fsp3) is 0.0400. The lowest BCUT2D eigenvalue weighted by molar-refractivity contribution is 0.0959. The van der Waals surface area contributed by atoms with E-state index in [1.807, 2.05) is 66.2 Å². The van der Waals surface area contributed by atoms with Gasteiger partial charge in [0, 0.05) is 41.0 Å². The van der Waals surface area contributed by atoms with Crippen LogP contribution in [0.15, 0.2) is 72.4 Å². The van der Waals surface area contributed by atoms with Crippen LogP contribution in [0, 0.1) is 0 Å². The van der Waals surface area contributed by atoms with Crippen LogP contribution in [0.4, 0.5) is 11.5 Å². The van der Waals surface area contributed by atoms with E-state index in [2.05, 4.69) is 25.8 Å². The van der Waals surface area contributed by atoms with Crippen LogP contribution < -0.4 is 10.6 Å². The van der Waals surface area contributed by atoms with Crippen LogP contribution in [0.2, 0.25) is 0 Å². The van der Waals surface area contributed by atoms with Crippen molar-refractivity contribution in [3.63, 3.8) is 0 Å². The van der Waals surface area contributed by atoms with E-state index in [1.165, 1.54) is 0 Å². The summed E-state index contributed by atoms with van der Waals surface area (Å²) >= 11 is 1.60. The minimum absolute atomic E-state index is 0.154. The average Bonchev–Trinajstić information content (AvgIpc) is 3.64. The fourth-order valence-electron chi connectivity index (χ4n) is 3.89. The number of hydrogen-bond acceptors (Lipinski definition) is 6. The monoisotopic (exact) mass is 465 g/mol. The van der Waals surface area contributed by atoms with Crippen LogP contribution in [0.25, 0.3) is 43.6 Å². The molecule has 0 aliphatic rings. The van der Waals surface area contributed by atoms with E-state index < -0.39 is 0 Å². The van der Waals surface area contributed by atoms with Gasteiger partial charge in [0.1, 0.15) is 5.69 Å². The molecule has 0 spiro atoms. The molecule has 0 aliphatic heterocycles. The Morgan fingerprint density at radius 3 is 2.62 bits per heavy atom. The number of anilines is 2. The van der Waals surface area contributed by atoms with Gasteiger partial charge in [0.15, 0.2) is 11.6 Å². The van der Waals surface area contributed by atoms with Crippen molar-refractivity contribution in [3.8, 4) is 22.5 Å². The molecule has 34 heavy (non-hydrogen) atoms. The smallest absolute Gasteiger partial charge is 0.267 e. The highest BCUT2D eigenvalue weighted by molar-refractivity contribution is 7.17. The Kier molecular flexibility index (Phi) is 4.81. The number of aromatic amines is 2. The first-order valence-corrected chi connectivity index (χ1v) is 11.5. The van der Waals surface area contributed by atoms with Gasteiger partial charge >= 0.3 is 0 Å². The summed E-state index contributed by atoms with van der Waals surface area (Å²) in [5.41, 5.74) is 6.17. The first-order chi connectivity index (χ1) is 16.7. The number of nitrogens with one attached hydrogen (secondary N) is 4. The van der Waals surface area contributed by atoms with Crippen LogP contribution in [-0.4, -0.2) is 38.1 Å². The summed E-state index contributed by atoms with van der Waals surface area (Å²) in [4.78, 5) is 24.8. The highest BCUT2D eigenvalue weighted by Gasteiger charge is 2.13. The van der Waals surface area contributed by atoms with Crippen molar-refractivity contribution in [2.24, 2.45) is 0 Å². The number of rotatable bonds is 5. The largest absolute Gasteiger partial charge is 0.354 e. The van der Waals surface area contributed by atoms with Gasteiger partial charge in [0.25, 0.3) is 5.91 Å². The lowest BCUT2D eigenvalue weighted by Gasteiger charge is -2.10. The number of hydrogen-bond donors (Lipinski definition) is 4. The second-order valence-electron chi connectivity index (χ2n) is 7.78. The van der Waals surface area contributed by atoms with Crippen LogP contribution in [0.5, 0.6) is 0 Å². The molecule has 0 radical (unpaired) electrons. The number of benzene rings is 2. The van der Waals surface area contributed by atoms with Gasteiger partial charge in [0.2, 0.25) is 0 Å². The zero-order chi connectivity index (χ0) is 23.1. The zero-order valence-corrected chi connectivity index (χ0v) is 18.9. The first kappa shape index (κ1) is 20.1. The first-order valence-electron chi connectivity index (χ1n) is 10.6. The Morgan fingerprint density at radius 2 is 1.82 bits per heavy atom. The summed E-state index contributed by atoms with van der Waals surface area (Å²) in [7, 11) is 1.61. The third-order valence-corrected chi connectivity index (χ3v) is 6.55. The molecule has 2 aromatic carbocycles. The molecule has 0 unspecified atom stereocenters. The molecule has 4 heterocycles. The summed E-state index contributed by atoms with van der Waals surface area (Å²) < 4.78 is 0.991. The van der Waals surface area contributed by atoms with Gasteiger partial charge in [-0.25, -0.2) is 9.97 Å². The Morgan fingerprint density at radius 1 is 0.971 bits per heavy atom. The molecule has 0 fully saturated rings. The number of H-pyrrole nitrogens is 2. The van der Waals surface area contributed by atoms with Crippen molar-refractivity contribution < 1.29 is 4.79 Å². The second kappa shape index (κ2) is 8.13. The van der Waals surface area contributed by atoms with Crippen molar-refractivity contribution in [1.82, 2.24) is 30.5 Å². The highest BCUT2D eigenvalue weighted by atomic mass is 32.1. The lowest BCUT2D eigenvalue weighted by atomic mass is 10.1. The molecule has 0 saturated carbocycles. The maximum Gasteiger partial charge on any atom is 0.267 e. The van der Waals surface area contributed by atoms with Crippen LogP contribution >= 0.6 is 11.3 Å². The van der Waals surface area contributed by atoms with Crippen molar-refractivity contribution in [2.75, 3.05) is 12.4 Å². The maximum absolute atomic E-state index is 12.0. The van der Waals surface area contributed by atoms with Gasteiger partial charge in [-0.1, -0.05) is 24.3 Å². The maximum atomic E-state index is 12.0. The topological polar surface area (TPSA) is 111 Å². The lowest BCUT2D eigenvalue weighted by Crippen LogP contribution is -2.17. The van der Waals surface area contributed by atoms with Crippen molar-refractivity contribution in [3.05, 3.63) is 78.1 Å². The van der Waals surface area contributed by atoms with Gasteiger partial charge < -0.3 is 15.6 Å². The van der Waals surface area contributed by atoms with E-state index >= 15 is 0 Å². The number of amides is 1. The Balaban J connectivity index is 1.36. The highest BCUT2D eigenvalue weighted by Crippen LogP contribution is 2.32. The van der Waals surface area contributed by atoms with E-state index in [0.29, 0.717) is 11.5 Å². The van der Waals surface area contributed by atoms with Gasteiger partial charge in [-0.3, -0.25) is 9.89 Å². The Hall–Kier alpha value is -4.50. The van der Waals surface area contributed by atoms with Gasteiger partial charge in [-0.15, -0.1) is 11.3 Å². The predicted octanol–water partition coefficient (Wildman–Crippen LogP) is 5.33. The summed E-state index contributed by atoms with van der Waals surface area (Å²) in [6, 6.07) is 17.9. The van der Waals surface area contributed by atoms with Gasteiger partial charge in [0.05, 0.1) is 16.4 Å². The molecule has 9 heteroatoms. The quantitative estimate of drug-likeness (QED) is 0.275. The summed E-state index contributed by atoms with van der Waals surface area (Å²) in [6.07, 6.45) is 3.67. The molecule has 0 saturated heterocycles. The van der Waals surface area contributed by atoms with E-state index in [4.69, 9.17) is 9.97 Å². The number of carbonyl (C=O) groups is 1. The van der Waals surface area contributed by atoms with E-state index in [-0.39, 0.29) is 5.91 Å². The molecule has 4 aromatic heterocycles. The molecule has 6 aromatic rings. The third-order valence-electron chi connectivity index (χ3n) is 5.64. The molecule has 0 aliphatic carbocycles. The fourth-order valence-corrected chi connectivity index (χ4v) is 4.67. The molecule has 4 N–H and O–H groups in total. The Bertz CT molecular complexity index is 1630. The van der Waals surface area contributed by atoms with E-state index in [1.54, 1.807) is 24.6 Å². The molecule has 0 atom stereocenters. The van der Waals surface area contributed by atoms with Gasteiger partial charge in [-0.2, -0.15) is 5.10 Å². The van der Waals surface area contributed by atoms with E-state index in [0.717, 1.165) is 49.3 Å². The summed E-state index contributed by atoms with van der Waals surface area (Å²) in [5.74, 6) is 1.21. The van der Waals surface area contributed by atoms with E-state index in [9.17, 15) is 4.79 Å². The van der Waals surface area contributed by atoms with Crippen molar-refractivity contribution >= 4 is 49.9 Å². The zero-order valence-electron chi connectivity index (χ0n) is 18.1. The minimum Gasteiger partial charge on any atom is -0.354 e. The van der Waals surface area contributed by atoms with Crippen molar-refractivity contribution in [1.29, 1.82) is 0 Å². The molecular formula is C25H19N7OS. The number of aromatic nitrogens is 5. The molecule has 8 nitrogen and oxygen atoms in total. The predicted molar refractivity (Wildman–Crippen MR) is 135 cm³/mol. The molecular weight excluding hydrogens is 446 g/mol. The number of thiophene rings is 1. The SMILES string of the molecule is CNC(=O)c1cc2ccc(-c3nc(Nc4ccc(-c5cn[nH]c5)cc4)c4sccc4n3)cc2[nH]1. The second-order valence-corrected chi connectivity index (χ2v) is 8.70. The molecule has 1 amide bonds. The normalized spacial score (nSPS) is 11.2. The molecule has 6 rings (SSSR count).